The van der Waals surface area contributed by atoms with E-state index >= 15 is 0 Å². The number of benzene rings is 2. The van der Waals surface area contributed by atoms with Crippen LogP contribution in [-0.4, -0.2) is 63.0 Å². The first-order valence-electron chi connectivity index (χ1n) is 12.0. The lowest BCUT2D eigenvalue weighted by atomic mass is 9.91. The number of rotatable bonds is 9. The maximum atomic E-state index is 12.4. The molecule has 178 valence electrons. The first kappa shape index (κ1) is 23.6. The monoisotopic (exact) mass is 453 g/mol. The molecule has 0 aromatic heterocycles. The Labute approximate surface area is 196 Å². The molecule has 1 heterocycles. The third-order valence-electron chi connectivity index (χ3n) is 6.77. The zero-order valence-electron chi connectivity index (χ0n) is 19.7. The summed E-state index contributed by atoms with van der Waals surface area (Å²) in [6.45, 7) is 2.42. The Bertz CT molecular complexity index is 903. The van der Waals surface area contributed by atoms with E-state index in [2.05, 4.69) is 11.0 Å². The van der Waals surface area contributed by atoms with Gasteiger partial charge in [-0.25, -0.2) is 4.79 Å². The molecule has 33 heavy (non-hydrogen) atoms. The molecule has 1 saturated carbocycles. The molecule has 0 N–H and O–H groups in total. The van der Waals surface area contributed by atoms with E-state index in [1.54, 1.807) is 26.4 Å². The summed E-state index contributed by atoms with van der Waals surface area (Å²) in [6, 6.07) is 15.7. The van der Waals surface area contributed by atoms with Crippen LogP contribution in [0.15, 0.2) is 48.5 Å². The standard InChI is InChI=1S/C27H35NO5/c1-30-25-13-12-20(18-26(25)31-2)15-17-32-24-11-7-6-10-23(24)28-16-14-22(19-28)33-27(29)21-8-4-3-5-9-21/h3-5,8-9,12-13,18,22-24H,6-7,10-11,14-17,19H2,1-2H3/t22?,23?,24-/m0/s1. The van der Waals surface area contributed by atoms with Crippen molar-refractivity contribution in [1.29, 1.82) is 0 Å². The van der Waals surface area contributed by atoms with Gasteiger partial charge in [0.05, 0.1) is 32.5 Å². The second-order valence-electron chi connectivity index (χ2n) is 8.88. The Morgan fingerprint density at radius 2 is 1.76 bits per heavy atom. The molecule has 2 unspecified atom stereocenters. The number of methoxy groups -OCH3 is 2. The van der Waals surface area contributed by atoms with E-state index in [1.165, 1.54) is 18.4 Å². The summed E-state index contributed by atoms with van der Waals surface area (Å²) in [6.07, 6.45) is 6.55. The summed E-state index contributed by atoms with van der Waals surface area (Å²) >= 11 is 0. The molecular formula is C27H35NO5. The summed E-state index contributed by atoms with van der Waals surface area (Å²) in [5.41, 5.74) is 1.79. The molecule has 0 radical (unpaired) electrons. The highest BCUT2D eigenvalue weighted by Crippen LogP contribution is 2.30. The molecule has 2 aliphatic rings. The van der Waals surface area contributed by atoms with Crippen molar-refractivity contribution >= 4 is 5.97 Å². The van der Waals surface area contributed by atoms with E-state index in [0.29, 0.717) is 18.2 Å². The summed E-state index contributed by atoms with van der Waals surface area (Å²) in [7, 11) is 3.31. The van der Waals surface area contributed by atoms with Gasteiger partial charge in [0.1, 0.15) is 6.10 Å². The Morgan fingerprint density at radius 3 is 2.55 bits per heavy atom. The topological polar surface area (TPSA) is 57.2 Å². The number of esters is 1. The van der Waals surface area contributed by atoms with Crippen molar-refractivity contribution in [3.8, 4) is 11.5 Å². The Hall–Kier alpha value is -2.57. The van der Waals surface area contributed by atoms with Crippen molar-refractivity contribution in [3.05, 3.63) is 59.7 Å². The summed E-state index contributed by atoms with van der Waals surface area (Å²) in [4.78, 5) is 14.9. The molecule has 1 aliphatic carbocycles. The largest absolute Gasteiger partial charge is 0.493 e. The number of hydrogen-bond donors (Lipinski definition) is 0. The molecule has 0 bridgehead atoms. The van der Waals surface area contributed by atoms with Crippen LogP contribution in [0.1, 0.15) is 48.0 Å². The van der Waals surface area contributed by atoms with E-state index in [9.17, 15) is 4.79 Å². The number of nitrogens with zero attached hydrogens (tertiary/aromatic N) is 1. The lowest BCUT2D eigenvalue weighted by Crippen LogP contribution is -2.46. The number of carbonyl (C=O) groups excluding carboxylic acids is 1. The van der Waals surface area contributed by atoms with Crippen LogP contribution in [0.5, 0.6) is 11.5 Å². The number of likely N-dealkylation sites (tertiary alicyclic amines) is 1. The summed E-state index contributed by atoms with van der Waals surface area (Å²) in [5.74, 6) is 1.26. The third-order valence-corrected chi connectivity index (χ3v) is 6.77. The Balaban J connectivity index is 1.28. The fourth-order valence-electron chi connectivity index (χ4n) is 5.00. The predicted octanol–water partition coefficient (Wildman–Crippen LogP) is 4.51. The van der Waals surface area contributed by atoms with Crippen molar-refractivity contribution in [1.82, 2.24) is 4.90 Å². The summed E-state index contributed by atoms with van der Waals surface area (Å²) < 4.78 is 22.9. The molecule has 2 aromatic carbocycles. The van der Waals surface area contributed by atoms with E-state index in [4.69, 9.17) is 18.9 Å². The first-order chi connectivity index (χ1) is 16.2. The predicted molar refractivity (Wildman–Crippen MR) is 127 cm³/mol. The minimum absolute atomic E-state index is 0.0490. The fourth-order valence-corrected chi connectivity index (χ4v) is 5.00. The van der Waals surface area contributed by atoms with Gasteiger partial charge in [0.2, 0.25) is 0 Å². The summed E-state index contributed by atoms with van der Waals surface area (Å²) in [5, 5.41) is 0. The number of ether oxygens (including phenoxy) is 4. The number of carbonyl (C=O) groups is 1. The van der Waals surface area contributed by atoms with Gasteiger partial charge >= 0.3 is 5.97 Å². The molecule has 0 spiro atoms. The SMILES string of the molecule is COc1ccc(CCO[C@H]2CCCCC2N2CCC(OC(=O)c3ccccc3)C2)cc1OC. The van der Waals surface area contributed by atoms with Gasteiger partial charge in [0.25, 0.3) is 0 Å². The molecule has 1 saturated heterocycles. The fraction of sp³-hybridized carbons (Fsp3) is 0.519. The zero-order valence-corrected chi connectivity index (χ0v) is 19.7. The van der Waals surface area contributed by atoms with Crippen LogP contribution < -0.4 is 9.47 Å². The van der Waals surface area contributed by atoms with Crippen molar-refractivity contribution in [2.45, 2.75) is 56.8 Å². The molecular weight excluding hydrogens is 418 g/mol. The highest BCUT2D eigenvalue weighted by molar-refractivity contribution is 5.89. The lowest BCUT2D eigenvalue weighted by Gasteiger charge is -2.37. The highest BCUT2D eigenvalue weighted by atomic mass is 16.5. The van der Waals surface area contributed by atoms with Crippen LogP contribution in [-0.2, 0) is 15.9 Å². The van der Waals surface area contributed by atoms with Gasteiger partial charge in [-0.1, -0.05) is 37.1 Å². The molecule has 3 atom stereocenters. The highest BCUT2D eigenvalue weighted by Gasteiger charge is 2.36. The van der Waals surface area contributed by atoms with E-state index in [0.717, 1.165) is 50.3 Å². The van der Waals surface area contributed by atoms with Crippen LogP contribution in [0.4, 0.5) is 0 Å². The molecule has 1 aliphatic heterocycles. The van der Waals surface area contributed by atoms with Crippen molar-refractivity contribution in [2.75, 3.05) is 33.9 Å². The Morgan fingerprint density at radius 1 is 0.970 bits per heavy atom. The molecule has 2 aromatic rings. The van der Waals surface area contributed by atoms with E-state index in [-0.39, 0.29) is 18.2 Å². The van der Waals surface area contributed by atoms with Crippen molar-refractivity contribution in [3.63, 3.8) is 0 Å². The maximum absolute atomic E-state index is 12.4. The first-order valence-corrected chi connectivity index (χ1v) is 12.0. The smallest absolute Gasteiger partial charge is 0.338 e. The van der Waals surface area contributed by atoms with Gasteiger partial charge in [-0.2, -0.15) is 0 Å². The second-order valence-corrected chi connectivity index (χ2v) is 8.88. The van der Waals surface area contributed by atoms with Crippen molar-refractivity contribution < 1.29 is 23.7 Å². The zero-order chi connectivity index (χ0) is 23.0. The van der Waals surface area contributed by atoms with Gasteiger partial charge in [0.15, 0.2) is 11.5 Å². The van der Waals surface area contributed by atoms with Gasteiger partial charge in [-0.15, -0.1) is 0 Å². The van der Waals surface area contributed by atoms with Crippen molar-refractivity contribution in [2.24, 2.45) is 0 Å². The van der Waals surface area contributed by atoms with E-state index in [1.807, 2.05) is 30.3 Å². The van der Waals surface area contributed by atoms with Gasteiger partial charge < -0.3 is 18.9 Å². The molecule has 6 heteroatoms. The average Bonchev–Trinajstić information content (AvgIpc) is 3.33. The third kappa shape index (κ3) is 6.06. The molecule has 2 fully saturated rings. The number of hydrogen-bond acceptors (Lipinski definition) is 6. The van der Waals surface area contributed by atoms with Crippen LogP contribution in [0.3, 0.4) is 0 Å². The van der Waals surface area contributed by atoms with Gasteiger partial charge in [-0.3, -0.25) is 4.90 Å². The van der Waals surface area contributed by atoms with E-state index < -0.39 is 0 Å². The van der Waals surface area contributed by atoms with Crippen LogP contribution in [0.2, 0.25) is 0 Å². The average molecular weight is 454 g/mol. The normalized spacial score (nSPS) is 23.3. The molecule has 0 amide bonds. The quantitative estimate of drug-likeness (QED) is 0.521. The molecule has 4 rings (SSSR count). The lowest BCUT2D eigenvalue weighted by molar-refractivity contribution is -0.0327. The van der Waals surface area contributed by atoms with Crippen LogP contribution >= 0.6 is 0 Å². The van der Waals surface area contributed by atoms with Gasteiger partial charge in [0, 0.05) is 19.1 Å². The van der Waals surface area contributed by atoms with Gasteiger partial charge in [-0.05, 0) is 55.5 Å². The molecule has 6 nitrogen and oxygen atoms in total. The maximum Gasteiger partial charge on any atom is 0.338 e. The van der Waals surface area contributed by atoms with Crippen LogP contribution in [0.25, 0.3) is 0 Å². The minimum atomic E-state index is -0.228. The Kier molecular flexibility index (Phi) is 8.24. The van der Waals surface area contributed by atoms with Crippen LogP contribution in [0, 0.1) is 0 Å². The second kappa shape index (κ2) is 11.5. The minimum Gasteiger partial charge on any atom is -0.493 e.